The average molecular weight is 600 g/mol. The second-order valence-electron chi connectivity index (χ2n) is 11.8. The number of hydrogen-bond acceptors (Lipinski definition) is 5. The highest BCUT2D eigenvalue weighted by Gasteiger charge is 2.27. The molecule has 1 saturated heterocycles. The number of nitrogens with zero attached hydrogens (tertiary/aromatic N) is 1. The van der Waals surface area contributed by atoms with Crippen LogP contribution in [0.1, 0.15) is 103 Å². The third-order valence-corrected chi connectivity index (χ3v) is 8.10. The van der Waals surface area contributed by atoms with Crippen molar-refractivity contribution in [3.05, 3.63) is 70.3 Å². The predicted octanol–water partition coefficient (Wildman–Crippen LogP) is 5.54. The van der Waals surface area contributed by atoms with E-state index in [4.69, 9.17) is 0 Å². The van der Waals surface area contributed by atoms with Gasteiger partial charge < -0.3 is 20.6 Å². The molecule has 0 radical (unpaired) electrons. The molecule has 9 heteroatoms. The van der Waals surface area contributed by atoms with Crippen LogP contribution >= 0.6 is 0 Å². The summed E-state index contributed by atoms with van der Waals surface area (Å²) in [6.45, 7) is 9.13. The standard InChI is InChI=1S/C34H47F2N3O4/c1-4-14-39(15-5-2)34(43)27-17-23(3)16-26(18-27)32(41)22-30(25-19-28(35)21-29(36)20-25)31(40)10-13-38-33(42)7-6-24-8-11-37-12-9-24/h16-21,24,30-31,37,40H,4-15,22H2,1-3H3,(H,38,42)/t30?,31-/m0/s1. The van der Waals surface area contributed by atoms with Crippen LogP contribution < -0.4 is 10.6 Å². The Morgan fingerprint density at radius 3 is 2.23 bits per heavy atom. The Morgan fingerprint density at radius 2 is 1.60 bits per heavy atom. The first-order valence-corrected chi connectivity index (χ1v) is 15.7. The lowest BCUT2D eigenvalue weighted by Crippen LogP contribution is -2.32. The Kier molecular flexibility index (Phi) is 13.7. The predicted molar refractivity (Wildman–Crippen MR) is 164 cm³/mol. The van der Waals surface area contributed by atoms with Gasteiger partial charge in [-0.2, -0.15) is 0 Å². The van der Waals surface area contributed by atoms with Gasteiger partial charge in [-0.05, 0) is 106 Å². The summed E-state index contributed by atoms with van der Waals surface area (Å²) >= 11 is 0. The zero-order valence-corrected chi connectivity index (χ0v) is 25.8. The molecule has 0 saturated carbocycles. The Bertz CT molecular complexity index is 1210. The molecule has 236 valence electrons. The number of halogens is 2. The maximum atomic E-state index is 14.2. The fourth-order valence-corrected chi connectivity index (χ4v) is 5.84. The Labute approximate surface area is 254 Å². The molecular weight excluding hydrogens is 552 g/mol. The molecule has 43 heavy (non-hydrogen) atoms. The highest BCUT2D eigenvalue weighted by molar-refractivity contribution is 6.01. The number of carbonyl (C=O) groups excluding carboxylic acids is 3. The summed E-state index contributed by atoms with van der Waals surface area (Å²) in [5.41, 5.74) is 1.61. The highest BCUT2D eigenvalue weighted by Crippen LogP contribution is 2.29. The summed E-state index contributed by atoms with van der Waals surface area (Å²) in [4.78, 5) is 41.0. The van der Waals surface area contributed by atoms with Gasteiger partial charge in [-0.25, -0.2) is 8.78 Å². The topological polar surface area (TPSA) is 98.7 Å². The fraction of sp³-hybridized carbons (Fsp3) is 0.559. The maximum Gasteiger partial charge on any atom is 0.253 e. The molecule has 1 aliphatic heterocycles. The molecule has 1 aliphatic rings. The number of carbonyl (C=O) groups is 3. The molecular formula is C34H47F2N3O4. The molecule has 2 amide bonds. The lowest BCUT2D eigenvalue weighted by atomic mass is 9.85. The van der Waals surface area contributed by atoms with E-state index in [1.807, 2.05) is 13.8 Å². The van der Waals surface area contributed by atoms with Crippen molar-refractivity contribution >= 4 is 17.6 Å². The van der Waals surface area contributed by atoms with Gasteiger partial charge in [-0.15, -0.1) is 0 Å². The molecule has 0 spiro atoms. The van der Waals surface area contributed by atoms with Gasteiger partial charge >= 0.3 is 0 Å². The van der Waals surface area contributed by atoms with E-state index in [0.29, 0.717) is 36.6 Å². The number of aliphatic hydroxyl groups excluding tert-OH is 1. The Hall–Kier alpha value is -3.17. The molecule has 0 bridgehead atoms. The van der Waals surface area contributed by atoms with E-state index in [1.165, 1.54) is 0 Å². The van der Waals surface area contributed by atoms with Gasteiger partial charge in [0.15, 0.2) is 5.78 Å². The minimum atomic E-state index is -1.15. The summed E-state index contributed by atoms with van der Waals surface area (Å²) in [6, 6.07) is 7.99. The van der Waals surface area contributed by atoms with Crippen molar-refractivity contribution in [2.45, 2.75) is 84.2 Å². The van der Waals surface area contributed by atoms with Crippen LogP contribution in [-0.2, 0) is 4.79 Å². The van der Waals surface area contributed by atoms with Crippen LogP contribution in [-0.4, -0.2) is 66.4 Å². The van der Waals surface area contributed by atoms with Crippen LogP contribution in [0.3, 0.4) is 0 Å². The molecule has 2 aromatic carbocycles. The third-order valence-electron chi connectivity index (χ3n) is 8.10. The van der Waals surface area contributed by atoms with E-state index in [2.05, 4.69) is 10.6 Å². The normalized spacial score (nSPS) is 15.1. The summed E-state index contributed by atoms with van der Waals surface area (Å²) in [7, 11) is 0. The minimum Gasteiger partial charge on any atom is -0.392 e. The zero-order valence-electron chi connectivity index (χ0n) is 25.8. The number of nitrogens with one attached hydrogen (secondary N) is 2. The first-order chi connectivity index (χ1) is 20.6. The number of amides is 2. The molecule has 2 atom stereocenters. The largest absolute Gasteiger partial charge is 0.392 e. The number of aliphatic hydroxyl groups is 1. The van der Waals surface area contributed by atoms with Crippen molar-refractivity contribution in [1.82, 2.24) is 15.5 Å². The van der Waals surface area contributed by atoms with Gasteiger partial charge in [0, 0.05) is 55.6 Å². The second kappa shape index (κ2) is 17.2. The van der Waals surface area contributed by atoms with Gasteiger partial charge in [0.1, 0.15) is 11.6 Å². The lowest BCUT2D eigenvalue weighted by Gasteiger charge is -2.24. The van der Waals surface area contributed by atoms with Crippen molar-refractivity contribution < 1.29 is 28.3 Å². The van der Waals surface area contributed by atoms with E-state index in [0.717, 1.165) is 69.0 Å². The Balaban J connectivity index is 1.72. The van der Waals surface area contributed by atoms with Crippen molar-refractivity contribution in [2.75, 3.05) is 32.7 Å². The van der Waals surface area contributed by atoms with E-state index < -0.39 is 23.7 Å². The van der Waals surface area contributed by atoms with Crippen LogP contribution in [0.2, 0.25) is 0 Å². The first kappa shape index (κ1) is 34.3. The van der Waals surface area contributed by atoms with Gasteiger partial charge in [-0.3, -0.25) is 14.4 Å². The van der Waals surface area contributed by atoms with E-state index >= 15 is 0 Å². The number of piperidine rings is 1. The molecule has 1 heterocycles. The number of Topliss-reactive ketones (excluding diaryl/α,β-unsaturated/α-hetero) is 1. The molecule has 2 aromatic rings. The van der Waals surface area contributed by atoms with Crippen LogP contribution in [0.15, 0.2) is 36.4 Å². The Morgan fingerprint density at radius 1 is 0.977 bits per heavy atom. The summed E-state index contributed by atoms with van der Waals surface area (Å²) in [5.74, 6) is -2.61. The summed E-state index contributed by atoms with van der Waals surface area (Å²) in [6.07, 6.45) is 3.68. The molecule has 0 aromatic heterocycles. The average Bonchev–Trinajstić information content (AvgIpc) is 2.97. The van der Waals surface area contributed by atoms with Crippen molar-refractivity contribution in [3.63, 3.8) is 0 Å². The van der Waals surface area contributed by atoms with E-state index in [9.17, 15) is 28.3 Å². The molecule has 1 unspecified atom stereocenters. The van der Waals surface area contributed by atoms with E-state index in [-0.39, 0.29) is 42.5 Å². The molecule has 7 nitrogen and oxygen atoms in total. The minimum absolute atomic E-state index is 0.104. The SMILES string of the molecule is CCCN(CCC)C(=O)c1cc(C)cc(C(=O)CC(c2cc(F)cc(F)c2)[C@@H](O)CCNC(=O)CCC2CCNCC2)c1. The molecule has 3 rings (SSSR count). The number of aryl methyl sites for hydroxylation is 1. The van der Waals surface area contributed by atoms with Crippen LogP contribution in [0.4, 0.5) is 8.78 Å². The lowest BCUT2D eigenvalue weighted by molar-refractivity contribution is -0.121. The molecule has 1 fully saturated rings. The van der Waals surface area contributed by atoms with Gasteiger partial charge in [0.25, 0.3) is 5.91 Å². The van der Waals surface area contributed by atoms with Crippen molar-refractivity contribution in [2.24, 2.45) is 5.92 Å². The zero-order chi connectivity index (χ0) is 31.4. The number of hydrogen-bond donors (Lipinski definition) is 3. The summed E-state index contributed by atoms with van der Waals surface area (Å²) < 4.78 is 28.4. The van der Waals surface area contributed by atoms with Crippen LogP contribution in [0.25, 0.3) is 0 Å². The maximum absolute atomic E-state index is 14.2. The summed E-state index contributed by atoms with van der Waals surface area (Å²) in [5, 5.41) is 17.3. The monoisotopic (exact) mass is 599 g/mol. The quantitative estimate of drug-likeness (QED) is 0.220. The molecule has 0 aliphatic carbocycles. The number of benzene rings is 2. The van der Waals surface area contributed by atoms with Gasteiger partial charge in [0.2, 0.25) is 5.91 Å². The fourth-order valence-electron chi connectivity index (χ4n) is 5.84. The van der Waals surface area contributed by atoms with Gasteiger partial charge in [0.05, 0.1) is 6.10 Å². The van der Waals surface area contributed by atoms with Crippen LogP contribution in [0.5, 0.6) is 0 Å². The second-order valence-corrected chi connectivity index (χ2v) is 11.8. The highest BCUT2D eigenvalue weighted by atomic mass is 19.1. The first-order valence-electron chi connectivity index (χ1n) is 15.7. The third kappa shape index (κ3) is 10.8. The van der Waals surface area contributed by atoms with Crippen molar-refractivity contribution in [1.29, 1.82) is 0 Å². The smallest absolute Gasteiger partial charge is 0.253 e. The number of rotatable bonds is 16. The van der Waals surface area contributed by atoms with Gasteiger partial charge in [-0.1, -0.05) is 13.8 Å². The van der Waals surface area contributed by atoms with Crippen molar-refractivity contribution in [3.8, 4) is 0 Å². The van der Waals surface area contributed by atoms with Crippen LogP contribution in [0, 0.1) is 24.5 Å². The van der Waals surface area contributed by atoms with E-state index in [1.54, 1.807) is 30.0 Å². The molecule has 3 N–H and O–H groups in total. The number of ketones is 1.